The Hall–Kier alpha value is -2.38. The van der Waals surface area contributed by atoms with Gasteiger partial charge >= 0.3 is 0 Å². The zero-order valence-corrected chi connectivity index (χ0v) is 17.2. The minimum atomic E-state index is -3.87. The highest BCUT2D eigenvalue weighted by Crippen LogP contribution is 2.27. The molecule has 0 aliphatic carbocycles. The summed E-state index contributed by atoms with van der Waals surface area (Å²) in [5.74, 6) is -0.134. The lowest BCUT2D eigenvalue weighted by Gasteiger charge is -2.21. The molecule has 0 spiro atoms. The highest BCUT2D eigenvalue weighted by molar-refractivity contribution is 7.89. The van der Waals surface area contributed by atoms with Gasteiger partial charge in [0.2, 0.25) is 15.9 Å². The molecule has 2 aromatic carbocycles. The van der Waals surface area contributed by atoms with Gasteiger partial charge in [-0.15, -0.1) is 0 Å². The molecule has 0 bridgehead atoms. The highest BCUT2D eigenvalue weighted by Gasteiger charge is 2.28. The zero-order chi connectivity index (χ0) is 20.2. The van der Waals surface area contributed by atoms with Gasteiger partial charge in [-0.1, -0.05) is 19.1 Å². The zero-order valence-electron chi connectivity index (χ0n) is 16.4. The van der Waals surface area contributed by atoms with E-state index in [1.807, 2.05) is 39.0 Å². The van der Waals surface area contributed by atoms with E-state index in [1.54, 1.807) is 25.1 Å². The van der Waals surface area contributed by atoms with E-state index in [4.69, 9.17) is 4.74 Å². The smallest absolute Gasteiger partial charge is 0.247 e. The van der Waals surface area contributed by atoms with Crippen LogP contribution in [0.25, 0.3) is 0 Å². The van der Waals surface area contributed by atoms with Crippen LogP contribution < -0.4 is 10.1 Å². The minimum Gasteiger partial charge on any atom is -0.495 e. The predicted molar refractivity (Wildman–Crippen MR) is 107 cm³/mol. The van der Waals surface area contributed by atoms with Crippen molar-refractivity contribution in [1.82, 2.24) is 4.31 Å². The Balaban J connectivity index is 2.25. The number of anilines is 1. The second-order valence-corrected chi connectivity index (χ2v) is 8.42. The van der Waals surface area contributed by atoms with Crippen LogP contribution in [0.1, 0.15) is 23.6 Å². The number of ether oxygens (including phenoxy) is 1. The third-order valence-electron chi connectivity index (χ3n) is 4.12. The van der Waals surface area contributed by atoms with Gasteiger partial charge in [-0.25, -0.2) is 8.42 Å². The number of hydrogen-bond acceptors (Lipinski definition) is 4. The third-order valence-corrected chi connectivity index (χ3v) is 6.06. The number of likely N-dealkylation sites (N-methyl/N-ethyl adjacent to an activating group) is 1. The first kappa shape index (κ1) is 20.9. The van der Waals surface area contributed by atoms with Crippen LogP contribution in [0, 0.1) is 20.8 Å². The van der Waals surface area contributed by atoms with E-state index in [0.717, 1.165) is 21.0 Å². The van der Waals surface area contributed by atoms with Crippen LogP contribution in [0.5, 0.6) is 5.75 Å². The molecular formula is C20H26N2O4S. The van der Waals surface area contributed by atoms with Crippen LogP contribution in [0.4, 0.5) is 5.69 Å². The number of amides is 1. The molecule has 0 saturated heterocycles. The number of nitrogens with one attached hydrogen (secondary N) is 1. The average molecular weight is 391 g/mol. The van der Waals surface area contributed by atoms with Gasteiger partial charge in [0.1, 0.15) is 10.6 Å². The van der Waals surface area contributed by atoms with Crippen molar-refractivity contribution in [3.63, 3.8) is 0 Å². The fraction of sp³-hybridized carbons (Fsp3) is 0.350. The second-order valence-electron chi connectivity index (χ2n) is 6.51. The molecule has 0 aliphatic heterocycles. The molecule has 0 heterocycles. The van der Waals surface area contributed by atoms with E-state index in [9.17, 15) is 13.2 Å². The lowest BCUT2D eigenvalue weighted by Crippen LogP contribution is -2.38. The van der Waals surface area contributed by atoms with Crippen LogP contribution in [-0.4, -0.2) is 38.8 Å². The van der Waals surface area contributed by atoms with E-state index in [1.165, 1.54) is 7.11 Å². The maximum absolute atomic E-state index is 13.1. The number of aryl methyl sites for hydroxylation is 3. The molecule has 2 rings (SSSR count). The molecule has 1 N–H and O–H groups in total. The van der Waals surface area contributed by atoms with Crippen molar-refractivity contribution >= 4 is 21.6 Å². The van der Waals surface area contributed by atoms with Crippen LogP contribution in [0.15, 0.2) is 41.3 Å². The predicted octanol–water partition coefficient (Wildman–Crippen LogP) is 3.27. The number of hydrogen-bond donors (Lipinski definition) is 1. The molecule has 0 atom stereocenters. The first-order valence-corrected chi connectivity index (χ1v) is 10.1. The fourth-order valence-electron chi connectivity index (χ4n) is 2.90. The lowest BCUT2D eigenvalue weighted by molar-refractivity contribution is -0.116. The summed E-state index contributed by atoms with van der Waals surface area (Å²) < 4.78 is 32.5. The molecule has 0 unspecified atom stereocenters. The van der Waals surface area contributed by atoms with Crippen molar-refractivity contribution in [1.29, 1.82) is 0 Å². The van der Waals surface area contributed by atoms with E-state index in [2.05, 4.69) is 5.32 Å². The second kappa shape index (κ2) is 8.54. The number of rotatable bonds is 7. The fourth-order valence-corrected chi connectivity index (χ4v) is 4.54. The minimum absolute atomic E-state index is 0.0612. The molecule has 27 heavy (non-hydrogen) atoms. The summed E-state index contributed by atoms with van der Waals surface area (Å²) >= 11 is 0. The van der Waals surface area contributed by atoms with Crippen LogP contribution in [0.3, 0.4) is 0 Å². The van der Waals surface area contributed by atoms with E-state index < -0.39 is 15.9 Å². The van der Waals surface area contributed by atoms with Crippen molar-refractivity contribution in [3.8, 4) is 5.75 Å². The van der Waals surface area contributed by atoms with Crippen molar-refractivity contribution in [2.45, 2.75) is 32.6 Å². The van der Waals surface area contributed by atoms with Gasteiger partial charge in [-0.05, 0) is 61.7 Å². The summed E-state index contributed by atoms with van der Waals surface area (Å²) in [6.45, 7) is 7.28. The summed E-state index contributed by atoms with van der Waals surface area (Å²) in [4.78, 5) is 12.5. The molecule has 1 amide bonds. The largest absolute Gasteiger partial charge is 0.495 e. The number of carbonyl (C=O) groups excluding carboxylic acids is 1. The highest BCUT2D eigenvalue weighted by atomic mass is 32.2. The summed E-state index contributed by atoms with van der Waals surface area (Å²) in [5.41, 5.74) is 3.49. The topological polar surface area (TPSA) is 75.7 Å². The maximum atomic E-state index is 13.1. The molecule has 7 heteroatoms. The molecule has 2 aromatic rings. The third kappa shape index (κ3) is 5.08. The Bertz CT molecular complexity index is 919. The van der Waals surface area contributed by atoms with Gasteiger partial charge in [-0.2, -0.15) is 4.31 Å². The maximum Gasteiger partial charge on any atom is 0.247 e. The van der Waals surface area contributed by atoms with Gasteiger partial charge < -0.3 is 10.1 Å². The number of methoxy groups -OCH3 is 1. The average Bonchev–Trinajstić information content (AvgIpc) is 2.58. The molecule has 146 valence electrons. The van der Waals surface area contributed by atoms with Gasteiger partial charge in [0.05, 0.1) is 13.7 Å². The Morgan fingerprint density at radius 3 is 2.22 bits per heavy atom. The molecular weight excluding hydrogens is 364 g/mol. The van der Waals surface area contributed by atoms with Gasteiger partial charge in [0.25, 0.3) is 0 Å². The number of carbonyl (C=O) groups is 1. The number of nitrogens with zero attached hydrogens (tertiary/aromatic N) is 1. The van der Waals surface area contributed by atoms with Crippen molar-refractivity contribution < 1.29 is 17.9 Å². The van der Waals surface area contributed by atoms with E-state index in [-0.39, 0.29) is 23.7 Å². The van der Waals surface area contributed by atoms with Crippen LogP contribution >= 0.6 is 0 Å². The normalized spacial score (nSPS) is 11.5. The van der Waals surface area contributed by atoms with Crippen LogP contribution in [-0.2, 0) is 14.8 Å². The molecule has 0 fully saturated rings. The summed E-state index contributed by atoms with van der Waals surface area (Å²) in [6.07, 6.45) is 0. The monoisotopic (exact) mass is 390 g/mol. The number of sulfonamides is 1. The van der Waals surface area contributed by atoms with Gasteiger partial charge in [0.15, 0.2) is 0 Å². The molecule has 6 nitrogen and oxygen atoms in total. The Morgan fingerprint density at radius 2 is 1.67 bits per heavy atom. The Kier molecular flexibility index (Phi) is 6.62. The Morgan fingerprint density at radius 1 is 1.04 bits per heavy atom. The van der Waals surface area contributed by atoms with Crippen molar-refractivity contribution in [2.24, 2.45) is 0 Å². The van der Waals surface area contributed by atoms with E-state index >= 15 is 0 Å². The number of benzene rings is 2. The summed E-state index contributed by atoms with van der Waals surface area (Å²) in [5, 5.41) is 2.78. The lowest BCUT2D eigenvalue weighted by atomic mass is 10.1. The van der Waals surface area contributed by atoms with E-state index in [0.29, 0.717) is 5.69 Å². The first-order chi connectivity index (χ1) is 12.7. The van der Waals surface area contributed by atoms with Gasteiger partial charge in [-0.3, -0.25) is 4.79 Å². The van der Waals surface area contributed by atoms with Crippen molar-refractivity contribution in [2.75, 3.05) is 25.5 Å². The summed E-state index contributed by atoms with van der Waals surface area (Å²) in [6, 6.07) is 10.6. The quantitative estimate of drug-likeness (QED) is 0.787. The molecule has 0 saturated carbocycles. The standard InChI is InChI=1S/C20H26N2O4S/c1-6-22(13-20(23)21-17-10-15(3)9-16(4)11-17)27(24,25)19-12-14(2)7-8-18(19)26-5/h7-12H,6,13H2,1-5H3,(H,21,23). The SMILES string of the molecule is CCN(CC(=O)Nc1cc(C)cc(C)c1)S(=O)(=O)c1cc(C)ccc1OC. The first-order valence-electron chi connectivity index (χ1n) is 8.70. The molecule has 0 aromatic heterocycles. The summed E-state index contributed by atoms with van der Waals surface area (Å²) in [7, 11) is -2.45. The van der Waals surface area contributed by atoms with Crippen LogP contribution in [0.2, 0.25) is 0 Å². The Labute approximate surface area is 161 Å². The van der Waals surface area contributed by atoms with Crippen molar-refractivity contribution in [3.05, 3.63) is 53.1 Å². The van der Waals surface area contributed by atoms with Gasteiger partial charge in [0, 0.05) is 12.2 Å². The molecule has 0 aliphatic rings. The molecule has 0 radical (unpaired) electrons.